The number of nitrogens with zero attached hydrogens (tertiary/aromatic N) is 2. The molecule has 7 heteroatoms. The summed E-state index contributed by atoms with van der Waals surface area (Å²) < 4.78 is 12.0. The van der Waals surface area contributed by atoms with E-state index in [-0.39, 0.29) is 30.9 Å². The maximum atomic E-state index is 6.24. The van der Waals surface area contributed by atoms with Crippen LogP contribution in [0, 0.1) is 0 Å². The van der Waals surface area contributed by atoms with E-state index in [2.05, 4.69) is 41.1 Å². The number of fused-ring (bicyclic) bond motifs is 1. The number of hydrogen-bond acceptors (Lipinski definition) is 5. The molecule has 2 aliphatic heterocycles. The molecule has 0 aliphatic carbocycles. The first kappa shape index (κ1) is 22.8. The smallest absolute Gasteiger partial charge is 0.131 e. The van der Waals surface area contributed by atoms with Crippen molar-refractivity contribution in [1.29, 1.82) is 0 Å². The van der Waals surface area contributed by atoms with E-state index in [1.165, 1.54) is 11.1 Å². The highest BCUT2D eigenvalue weighted by Gasteiger charge is 2.22. The zero-order valence-electron chi connectivity index (χ0n) is 16.2. The number of ether oxygens (including phenoxy) is 2. The van der Waals surface area contributed by atoms with Gasteiger partial charge in [0.25, 0.3) is 0 Å². The van der Waals surface area contributed by atoms with Crippen molar-refractivity contribution in [2.75, 3.05) is 39.8 Å². The Morgan fingerprint density at radius 1 is 1.07 bits per heavy atom. The Kier molecular flexibility index (Phi) is 8.40. The van der Waals surface area contributed by atoms with Crippen molar-refractivity contribution in [2.24, 2.45) is 5.73 Å². The van der Waals surface area contributed by atoms with Crippen molar-refractivity contribution in [2.45, 2.75) is 19.1 Å². The Bertz CT molecular complexity index is 767. The molecule has 0 amide bonds. The summed E-state index contributed by atoms with van der Waals surface area (Å²) in [6, 6.07) is 14.4. The van der Waals surface area contributed by atoms with Gasteiger partial charge in [-0.3, -0.25) is 4.90 Å². The first-order chi connectivity index (χ1) is 12.7. The quantitative estimate of drug-likeness (QED) is 0.795. The van der Waals surface area contributed by atoms with Gasteiger partial charge in [0, 0.05) is 56.8 Å². The SMILES string of the molecule is CN1CCN(Cc2ccccc2Oc2ccc3c(c2)CC(CN)O3)CC1.Cl.Cl. The van der Waals surface area contributed by atoms with Crippen LogP contribution < -0.4 is 15.2 Å². The van der Waals surface area contributed by atoms with Gasteiger partial charge in [-0.2, -0.15) is 0 Å². The van der Waals surface area contributed by atoms with Crippen LogP contribution in [0.2, 0.25) is 0 Å². The summed E-state index contributed by atoms with van der Waals surface area (Å²) in [6.45, 7) is 5.90. The number of benzene rings is 2. The lowest BCUT2D eigenvalue weighted by atomic mass is 10.1. The van der Waals surface area contributed by atoms with E-state index in [0.717, 1.165) is 56.4 Å². The van der Waals surface area contributed by atoms with Crippen LogP contribution in [-0.2, 0) is 13.0 Å². The van der Waals surface area contributed by atoms with E-state index < -0.39 is 0 Å². The molecule has 0 radical (unpaired) electrons. The molecule has 154 valence electrons. The van der Waals surface area contributed by atoms with Gasteiger partial charge in [0.2, 0.25) is 0 Å². The van der Waals surface area contributed by atoms with Gasteiger partial charge in [0.15, 0.2) is 0 Å². The first-order valence-electron chi connectivity index (χ1n) is 9.37. The normalized spacial score (nSPS) is 19.1. The molecule has 0 spiro atoms. The molecule has 2 heterocycles. The van der Waals surface area contributed by atoms with Crippen molar-refractivity contribution in [1.82, 2.24) is 9.80 Å². The van der Waals surface area contributed by atoms with Gasteiger partial charge in [-0.05, 0) is 31.3 Å². The number of piperazine rings is 1. The van der Waals surface area contributed by atoms with E-state index in [0.29, 0.717) is 6.54 Å². The molecule has 1 unspecified atom stereocenters. The number of rotatable bonds is 5. The Morgan fingerprint density at radius 2 is 1.82 bits per heavy atom. The molecule has 1 atom stereocenters. The maximum Gasteiger partial charge on any atom is 0.131 e. The van der Waals surface area contributed by atoms with Crippen LogP contribution in [0.3, 0.4) is 0 Å². The van der Waals surface area contributed by atoms with Crippen LogP contribution in [0.5, 0.6) is 17.2 Å². The largest absolute Gasteiger partial charge is 0.488 e. The van der Waals surface area contributed by atoms with Gasteiger partial charge >= 0.3 is 0 Å². The van der Waals surface area contributed by atoms with Crippen molar-refractivity contribution in [3.8, 4) is 17.2 Å². The van der Waals surface area contributed by atoms with Crippen LogP contribution in [-0.4, -0.2) is 55.7 Å². The molecule has 28 heavy (non-hydrogen) atoms. The van der Waals surface area contributed by atoms with Crippen LogP contribution in [0.1, 0.15) is 11.1 Å². The molecule has 4 rings (SSSR count). The molecular weight excluding hydrogens is 397 g/mol. The second-order valence-corrected chi connectivity index (χ2v) is 7.24. The first-order valence-corrected chi connectivity index (χ1v) is 9.37. The molecule has 0 bridgehead atoms. The summed E-state index contributed by atoms with van der Waals surface area (Å²) in [7, 11) is 2.18. The van der Waals surface area contributed by atoms with Crippen molar-refractivity contribution < 1.29 is 9.47 Å². The molecule has 1 saturated heterocycles. The number of hydrogen-bond donors (Lipinski definition) is 1. The van der Waals surface area contributed by atoms with Gasteiger partial charge in [0.05, 0.1) is 0 Å². The molecule has 5 nitrogen and oxygen atoms in total. The Labute approximate surface area is 179 Å². The third-order valence-electron chi connectivity index (χ3n) is 5.23. The minimum Gasteiger partial charge on any atom is -0.488 e. The fourth-order valence-electron chi connectivity index (χ4n) is 3.60. The molecule has 0 saturated carbocycles. The second-order valence-electron chi connectivity index (χ2n) is 7.24. The van der Waals surface area contributed by atoms with E-state index >= 15 is 0 Å². The number of halogens is 2. The molecule has 2 aromatic carbocycles. The molecule has 2 aliphatic rings. The average molecular weight is 426 g/mol. The lowest BCUT2D eigenvalue weighted by molar-refractivity contribution is 0.147. The molecule has 1 fully saturated rings. The fourth-order valence-corrected chi connectivity index (χ4v) is 3.60. The fraction of sp³-hybridized carbons (Fsp3) is 0.429. The third kappa shape index (κ3) is 5.31. The van der Waals surface area contributed by atoms with Gasteiger partial charge in [-0.15, -0.1) is 24.8 Å². The predicted octanol–water partition coefficient (Wildman–Crippen LogP) is 3.33. The summed E-state index contributed by atoms with van der Waals surface area (Å²) in [5.41, 5.74) is 8.13. The highest BCUT2D eigenvalue weighted by Crippen LogP contribution is 2.34. The van der Waals surface area contributed by atoms with Crippen LogP contribution >= 0.6 is 24.8 Å². The summed E-state index contributed by atoms with van der Waals surface area (Å²) in [4.78, 5) is 4.87. The minimum atomic E-state index is 0. The number of likely N-dealkylation sites (N-methyl/N-ethyl adjacent to an activating group) is 1. The number of nitrogens with two attached hydrogens (primary N) is 1. The maximum absolute atomic E-state index is 6.24. The Morgan fingerprint density at radius 3 is 2.57 bits per heavy atom. The predicted molar refractivity (Wildman–Crippen MR) is 117 cm³/mol. The topological polar surface area (TPSA) is 51.0 Å². The zero-order chi connectivity index (χ0) is 17.9. The molecule has 0 aromatic heterocycles. The number of para-hydroxylation sites is 1. The van der Waals surface area contributed by atoms with E-state index in [4.69, 9.17) is 15.2 Å². The molecule has 2 N–H and O–H groups in total. The summed E-state index contributed by atoms with van der Waals surface area (Å²) in [5.74, 6) is 2.72. The summed E-state index contributed by atoms with van der Waals surface area (Å²) >= 11 is 0. The molecule has 2 aromatic rings. The lowest BCUT2D eigenvalue weighted by Gasteiger charge is -2.32. The van der Waals surface area contributed by atoms with Gasteiger partial charge in [-0.25, -0.2) is 0 Å². The summed E-state index contributed by atoms with van der Waals surface area (Å²) in [5, 5.41) is 0. The van der Waals surface area contributed by atoms with Crippen LogP contribution in [0.25, 0.3) is 0 Å². The highest BCUT2D eigenvalue weighted by molar-refractivity contribution is 5.85. The van der Waals surface area contributed by atoms with Crippen molar-refractivity contribution in [3.05, 3.63) is 53.6 Å². The monoisotopic (exact) mass is 425 g/mol. The molecular formula is C21H29Cl2N3O2. The Hall–Kier alpha value is -1.50. The average Bonchev–Trinajstić information content (AvgIpc) is 3.08. The van der Waals surface area contributed by atoms with E-state index in [1.807, 2.05) is 18.2 Å². The highest BCUT2D eigenvalue weighted by atomic mass is 35.5. The van der Waals surface area contributed by atoms with E-state index in [9.17, 15) is 0 Å². The van der Waals surface area contributed by atoms with Crippen molar-refractivity contribution >= 4 is 24.8 Å². The van der Waals surface area contributed by atoms with Gasteiger partial charge < -0.3 is 20.1 Å². The standard InChI is InChI=1S/C21H27N3O2.2ClH/c1-23-8-10-24(11-9-23)15-16-4-2-3-5-20(16)25-18-6-7-21-17(12-18)13-19(14-22)26-21;;/h2-7,12,19H,8-11,13-15,22H2,1H3;2*1H. The van der Waals surface area contributed by atoms with Crippen molar-refractivity contribution in [3.63, 3.8) is 0 Å². The van der Waals surface area contributed by atoms with Crippen LogP contribution in [0.4, 0.5) is 0 Å². The zero-order valence-corrected chi connectivity index (χ0v) is 17.8. The van der Waals surface area contributed by atoms with Crippen LogP contribution in [0.15, 0.2) is 42.5 Å². The summed E-state index contributed by atoms with van der Waals surface area (Å²) in [6.07, 6.45) is 0.941. The van der Waals surface area contributed by atoms with Gasteiger partial charge in [0.1, 0.15) is 23.4 Å². The second kappa shape index (κ2) is 10.3. The van der Waals surface area contributed by atoms with Gasteiger partial charge in [-0.1, -0.05) is 18.2 Å². The third-order valence-corrected chi connectivity index (χ3v) is 5.23. The lowest BCUT2D eigenvalue weighted by Crippen LogP contribution is -2.43. The minimum absolute atomic E-state index is 0. The Balaban J connectivity index is 0.00000140. The van der Waals surface area contributed by atoms with E-state index in [1.54, 1.807) is 0 Å².